The number of aromatic hydroxyl groups is 1. The van der Waals surface area contributed by atoms with E-state index in [1.54, 1.807) is 6.07 Å². The highest BCUT2D eigenvalue weighted by molar-refractivity contribution is 7.84. The summed E-state index contributed by atoms with van der Waals surface area (Å²) < 4.78 is 11.5. The molecule has 0 saturated carbocycles. The summed E-state index contributed by atoms with van der Waals surface area (Å²) in [5, 5.41) is 22.7. The zero-order valence-corrected chi connectivity index (χ0v) is 22.6. The van der Waals surface area contributed by atoms with Crippen LogP contribution in [0.1, 0.15) is 63.9 Å². The van der Waals surface area contributed by atoms with Crippen LogP contribution in [0.25, 0.3) is 0 Å². The van der Waals surface area contributed by atoms with Gasteiger partial charge in [0, 0.05) is 32.2 Å². The Kier molecular flexibility index (Phi) is 9.71. The minimum absolute atomic E-state index is 0.0523. The van der Waals surface area contributed by atoms with E-state index in [2.05, 4.69) is 10.6 Å². The van der Waals surface area contributed by atoms with Crippen LogP contribution in [0.5, 0.6) is 5.75 Å². The Morgan fingerprint density at radius 2 is 1.86 bits per heavy atom. The van der Waals surface area contributed by atoms with Crippen molar-refractivity contribution in [2.75, 3.05) is 26.2 Å². The fourth-order valence-corrected chi connectivity index (χ4v) is 5.75. The molecule has 5 N–H and O–H groups in total. The molecule has 196 valence electrons. The number of piperidine rings is 1. The Balaban J connectivity index is 1.75. The quantitative estimate of drug-likeness (QED) is 0.431. The molecule has 3 amide bonds. The maximum absolute atomic E-state index is 13.3. The third kappa shape index (κ3) is 7.24. The van der Waals surface area contributed by atoms with Gasteiger partial charge in [-0.05, 0) is 69.4 Å². The average molecular weight is 548 g/mol. The molecule has 2 aliphatic rings. The van der Waals surface area contributed by atoms with Gasteiger partial charge in [0.25, 0.3) is 0 Å². The number of carbonyl (C=O) groups is 2. The van der Waals surface area contributed by atoms with Crippen molar-refractivity contribution in [1.29, 1.82) is 0 Å². The fraction of sp³-hybridized carbons (Fsp3) is 0.667. The second-order valence-corrected chi connectivity index (χ2v) is 12.7. The summed E-state index contributed by atoms with van der Waals surface area (Å²) in [6, 6.07) is 2.90. The van der Waals surface area contributed by atoms with Gasteiger partial charge < -0.3 is 20.6 Å². The summed E-state index contributed by atoms with van der Waals surface area (Å²) in [6.07, 6.45) is 4.43. The van der Waals surface area contributed by atoms with E-state index >= 15 is 0 Å². The number of phenolic OH excluding ortho intramolecular Hbond substituents is 1. The molecule has 2 heterocycles. The average Bonchev–Trinajstić information content (AvgIpc) is 2.91. The van der Waals surface area contributed by atoms with E-state index in [1.807, 2.05) is 18.7 Å². The lowest BCUT2D eigenvalue weighted by atomic mass is 9.75. The smallest absolute Gasteiger partial charge is 0.314 e. The topological polar surface area (TPSA) is 125 Å². The predicted molar refractivity (Wildman–Crippen MR) is 140 cm³/mol. The van der Waals surface area contributed by atoms with Crippen molar-refractivity contribution in [3.8, 4) is 5.75 Å². The minimum atomic E-state index is -1.56. The van der Waals surface area contributed by atoms with Crippen molar-refractivity contribution in [3.05, 3.63) is 27.7 Å². The van der Waals surface area contributed by atoms with Crippen molar-refractivity contribution >= 4 is 46.1 Å². The molecule has 1 aromatic rings. The molecular formula is C24H36Cl2N4O4S. The number of halogens is 2. The van der Waals surface area contributed by atoms with Crippen LogP contribution in [0.3, 0.4) is 0 Å². The number of likely N-dealkylation sites (tertiary alicyclic amines) is 1. The number of nitrogens with zero attached hydrogens (tertiary/aromatic N) is 1. The number of carbonyl (C=O) groups excluding carboxylic acids is 2. The van der Waals surface area contributed by atoms with E-state index in [9.17, 15) is 18.9 Å². The standard InChI is InChI=1S/C24H36Cl2N4O4S/c1-24(2,35(27)34)13-18(17-11-19(25)20(26)12-21(17)31)15-6-9-30(10-7-15)22(32)16-5-3-4-8-28-23(33)29-14-16/h11-12,15-16,18,31H,3-10,13-14,27H2,1-2H3,(H2,28,29,33)/t16?,18-,35?/m1/s1. The summed E-state index contributed by atoms with van der Waals surface area (Å²) in [7, 11) is -1.56. The van der Waals surface area contributed by atoms with Crippen molar-refractivity contribution in [1.82, 2.24) is 15.5 Å². The number of hydrogen-bond donors (Lipinski definition) is 4. The van der Waals surface area contributed by atoms with Crippen molar-refractivity contribution < 1.29 is 18.9 Å². The molecule has 2 fully saturated rings. The molecule has 0 spiro atoms. The molecule has 3 atom stereocenters. The number of rotatable bonds is 6. The first-order chi connectivity index (χ1) is 16.5. The molecule has 0 radical (unpaired) electrons. The van der Waals surface area contributed by atoms with E-state index in [0.717, 1.165) is 32.1 Å². The van der Waals surface area contributed by atoms with Gasteiger partial charge in [-0.15, -0.1) is 0 Å². The van der Waals surface area contributed by atoms with Crippen molar-refractivity contribution in [2.45, 2.75) is 63.0 Å². The van der Waals surface area contributed by atoms with Crippen LogP contribution >= 0.6 is 23.2 Å². The Bertz CT molecular complexity index is 954. The van der Waals surface area contributed by atoms with Gasteiger partial charge in [0.05, 0.1) is 31.7 Å². The normalized spacial score (nSPS) is 22.3. The van der Waals surface area contributed by atoms with Gasteiger partial charge in [-0.25, -0.2) is 9.00 Å². The Morgan fingerprint density at radius 1 is 1.20 bits per heavy atom. The highest BCUT2D eigenvalue weighted by Gasteiger charge is 2.37. The zero-order valence-electron chi connectivity index (χ0n) is 20.3. The lowest BCUT2D eigenvalue weighted by molar-refractivity contribution is -0.137. The molecular weight excluding hydrogens is 511 g/mol. The van der Waals surface area contributed by atoms with E-state index < -0.39 is 15.7 Å². The summed E-state index contributed by atoms with van der Waals surface area (Å²) in [5.74, 6) is -0.127. The molecule has 0 aliphatic carbocycles. The highest BCUT2D eigenvalue weighted by Crippen LogP contribution is 2.44. The first-order valence-corrected chi connectivity index (χ1v) is 14.1. The first kappa shape index (κ1) is 28.0. The Labute approximate surface area is 219 Å². The minimum Gasteiger partial charge on any atom is -0.508 e. The molecule has 1 aromatic carbocycles. The van der Waals surface area contributed by atoms with Gasteiger partial charge in [0.2, 0.25) is 5.91 Å². The van der Waals surface area contributed by atoms with Gasteiger partial charge in [-0.3, -0.25) is 9.93 Å². The monoisotopic (exact) mass is 546 g/mol. The maximum Gasteiger partial charge on any atom is 0.314 e. The SMILES string of the molecule is CC(C)(C[C@@H](c1cc(Cl)c(Cl)cc1O)C1CCN(C(=O)C2CCCCNC(=O)NC2)CC1)S(N)=O. The van der Waals surface area contributed by atoms with Crippen LogP contribution in [-0.4, -0.2) is 57.1 Å². The molecule has 0 bridgehead atoms. The number of benzene rings is 1. The zero-order chi connectivity index (χ0) is 25.8. The summed E-state index contributed by atoms with van der Waals surface area (Å²) in [4.78, 5) is 27.0. The summed E-state index contributed by atoms with van der Waals surface area (Å²) >= 11 is 12.4. The number of hydrogen-bond acceptors (Lipinski definition) is 4. The summed E-state index contributed by atoms with van der Waals surface area (Å²) in [6.45, 7) is 5.81. The highest BCUT2D eigenvalue weighted by atomic mass is 35.5. The second kappa shape index (κ2) is 12.1. The van der Waals surface area contributed by atoms with Crippen LogP contribution in [0, 0.1) is 11.8 Å². The van der Waals surface area contributed by atoms with E-state index in [-0.39, 0.29) is 40.5 Å². The largest absolute Gasteiger partial charge is 0.508 e. The van der Waals surface area contributed by atoms with E-state index in [0.29, 0.717) is 43.2 Å². The molecule has 2 aliphatic heterocycles. The van der Waals surface area contributed by atoms with Crippen molar-refractivity contribution in [2.24, 2.45) is 17.0 Å². The van der Waals surface area contributed by atoms with Gasteiger partial charge in [-0.1, -0.05) is 29.6 Å². The molecule has 11 heteroatoms. The van der Waals surface area contributed by atoms with Crippen LogP contribution < -0.4 is 15.8 Å². The lowest BCUT2D eigenvalue weighted by Crippen LogP contribution is -2.46. The molecule has 3 rings (SSSR count). The Hall–Kier alpha value is -1.55. The van der Waals surface area contributed by atoms with Crippen LogP contribution in [0.4, 0.5) is 4.79 Å². The first-order valence-electron chi connectivity index (χ1n) is 12.1. The maximum atomic E-state index is 13.3. The van der Waals surface area contributed by atoms with E-state index in [4.69, 9.17) is 28.3 Å². The predicted octanol–water partition coefficient (Wildman–Crippen LogP) is 3.91. The van der Waals surface area contributed by atoms with Crippen LogP contribution in [0.15, 0.2) is 12.1 Å². The van der Waals surface area contributed by atoms with Gasteiger partial charge in [-0.2, -0.15) is 0 Å². The van der Waals surface area contributed by atoms with Crippen LogP contribution in [-0.2, 0) is 15.8 Å². The van der Waals surface area contributed by atoms with Gasteiger partial charge >= 0.3 is 6.03 Å². The van der Waals surface area contributed by atoms with Crippen LogP contribution in [0.2, 0.25) is 10.0 Å². The number of phenols is 1. The fourth-order valence-electron chi connectivity index (χ4n) is 5.08. The molecule has 2 unspecified atom stereocenters. The molecule has 8 nitrogen and oxygen atoms in total. The number of nitrogens with one attached hydrogen (secondary N) is 2. The number of urea groups is 1. The third-order valence-electron chi connectivity index (χ3n) is 7.27. The van der Waals surface area contributed by atoms with E-state index in [1.165, 1.54) is 6.07 Å². The molecule has 2 saturated heterocycles. The van der Waals surface area contributed by atoms with Crippen molar-refractivity contribution in [3.63, 3.8) is 0 Å². The van der Waals surface area contributed by atoms with Gasteiger partial charge in [0.1, 0.15) is 5.75 Å². The number of nitrogens with two attached hydrogens (primary N) is 1. The Morgan fingerprint density at radius 3 is 2.51 bits per heavy atom. The molecule has 35 heavy (non-hydrogen) atoms. The lowest BCUT2D eigenvalue weighted by Gasteiger charge is -2.40. The molecule has 0 aromatic heterocycles. The third-order valence-corrected chi connectivity index (χ3v) is 9.25. The second-order valence-electron chi connectivity index (χ2n) is 10.2. The number of amides is 3. The summed E-state index contributed by atoms with van der Waals surface area (Å²) in [5.41, 5.74) is 0.661. The van der Waals surface area contributed by atoms with Gasteiger partial charge in [0.15, 0.2) is 0 Å².